The summed E-state index contributed by atoms with van der Waals surface area (Å²) in [6.45, 7) is 0. The van der Waals surface area contributed by atoms with Gasteiger partial charge in [-0.2, -0.15) is 0 Å². The van der Waals surface area contributed by atoms with E-state index in [1.54, 1.807) is 18.2 Å². The first-order chi connectivity index (χ1) is 8.50. The number of hydrogen-bond donors (Lipinski definition) is 0. The molecule has 0 radical (unpaired) electrons. The van der Waals surface area contributed by atoms with Crippen LogP contribution in [0.15, 0.2) is 29.2 Å². The highest BCUT2D eigenvalue weighted by atomic mass is 35.5. The molecule has 0 bridgehead atoms. The van der Waals surface area contributed by atoms with Gasteiger partial charge in [-0.15, -0.1) is 21.8 Å². The molecule has 0 aliphatic heterocycles. The molecule has 4 nitrogen and oxygen atoms in total. The van der Waals surface area contributed by atoms with Crippen molar-refractivity contribution in [1.82, 2.24) is 10.2 Å². The number of sulfone groups is 1. The molecular formula is C11H11ClN2O2S2. The summed E-state index contributed by atoms with van der Waals surface area (Å²) in [6, 6.07) is 6.70. The van der Waals surface area contributed by atoms with Gasteiger partial charge >= 0.3 is 0 Å². The van der Waals surface area contributed by atoms with Crippen molar-refractivity contribution < 1.29 is 8.42 Å². The van der Waals surface area contributed by atoms with E-state index < -0.39 is 9.84 Å². The number of nitrogens with zero attached hydrogens (tertiary/aromatic N) is 2. The molecule has 1 aromatic carbocycles. The van der Waals surface area contributed by atoms with Crippen molar-refractivity contribution in [2.75, 3.05) is 12.1 Å². The second-order valence-corrected chi connectivity index (χ2v) is 7.20. The van der Waals surface area contributed by atoms with Crippen LogP contribution in [-0.4, -0.2) is 30.8 Å². The fourth-order valence-corrected chi connectivity index (χ4v) is 3.21. The van der Waals surface area contributed by atoms with Gasteiger partial charge in [0.1, 0.15) is 10.0 Å². The molecule has 0 spiro atoms. The molecule has 0 unspecified atom stereocenters. The van der Waals surface area contributed by atoms with Crippen LogP contribution in [0.1, 0.15) is 5.01 Å². The van der Waals surface area contributed by atoms with E-state index in [1.165, 1.54) is 17.6 Å². The molecule has 96 valence electrons. The fraction of sp³-hybridized carbons (Fsp3) is 0.273. The molecule has 0 N–H and O–H groups in total. The number of benzene rings is 1. The van der Waals surface area contributed by atoms with Crippen molar-refractivity contribution in [2.45, 2.75) is 11.3 Å². The molecule has 1 heterocycles. The number of rotatable bonds is 4. The predicted molar refractivity (Wildman–Crippen MR) is 72.9 cm³/mol. The van der Waals surface area contributed by atoms with Crippen LogP contribution in [0.3, 0.4) is 0 Å². The van der Waals surface area contributed by atoms with Gasteiger partial charge in [0.2, 0.25) is 0 Å². The molecule has 0 amide bonds. The summed E-state index contributed by atoms with van der Waals surface area (Å²) in [7, 11) is -3.20. The van der Waals surface area contributed by atoms with E-state index in [0.717, 1.165) is 10.6 Å². The third kappa shape index (κ3) is 3.07. The lowest BCUT2D eigenvalue weighted by atomic mass is 10.2. The van der Waals surface area contributed by atoms with Gasteiger partial charge in [-0.05, 0) is 12.1 Å². The van der Waals surface area contributed by atoms with E-state index in [2.05, 4.69) is 10.2 Å². The monoisotopic (exact) mass is 302 g/mol. The number of alkyl halides is 1. The fourth-order valence-electron chi connectivity index (χ4n) is 1.41. The van der Waals surface area contributed by atoms with Gasteiger partial charge in [-0.3, -0.25) is 0 Å². The van der Waals surface area contributed by atoms with Crippen LogP contribution in [0.2, 0.25) is 0 Å². The van der Waals surface area contributed by atoms with Crippen LogP contribution >= 0.6 is 22.9 Å². The molecule has 0 fully saturated rings. The Morgan fingerprint density at radius 2 is 2.11 bits per heavy atom. The first-order valence-corrected chi connectivity index (χ1v) is 8.44. The highest BCUT2D eigenvalue weighted by molar-refractivity contribution is 7.90. The minimum atomic E-state index is -3.20. The molecule has 2 rings (SSSR count). The van der Waals surface area contributed by atoms with Crippen LogP contribution in [0, 0.1) is 0 Å². The van der Waals surface area contributed by atoms with Crippen molar-refractivity contribution in [3.05, 3.63) is 29.3 Å². The number of aryl methyl sites for hydroxylation is 1. The smallest absolute Gasteiger partial charge is 0.175 e. The predicted octanol–water partition coefficient (Wildman–Crippen LogP) is 2.39. The maximum absolute atomic E-state index is 11.5. The minimum absolute atomic E-state index is 0.286. The summed E-state index contributed by atoms with van der Waals surface area (Å²) >= 11 is 7.06. The zero-order chi connectivity index (χ0) is 13.2. The van der Waals surface area contributed by atoms with Crippen molar-refractivity contribution in [3.63, 3.8) is 0 Å². The SMILES string of the molecule is CS(=O)(=O)c1cccc(-c2nnc(CCCl)s2)c1. The summed E-state index contributed by atoms with van der Waals surface area (Å²) in [4.78, 5) is 0.286. The van der Waals surface area contributed by atoms with E-state index in [0.29, 0.717) is 17.3 Å². The molecule has 18 heavy (non-hydrogen) atoms. The van der Waals surface area contributed by atoms with Gasteiger partial charge in [0.15, 0.2) is 9.84 Å². The molecule has 0 saturated carbocycles. The van der Waals surface area contributed by atoms with Crippen LogP contribution in [0.5, 0.6) is 0 Å². The van der Waals surface area contributed by atoms with E-state index >= 15 is 0 Å². The topological polar surface area (TPSA) is 59.9 Å². The summed E-state index contributed by atoms with van der Waals surface area (Å²) in [6.07, 6.45) is 1.86. The lowest BCUT2D eigenvalue weighted by molar-refractivity contribution is 0.602. The third-order valence-corrected chi connectivity index (χ3v) is 4.62. The lowest BCUT2D eigenvalue weighted by Crippen LogP contribution is -1.96. The molecule has 1 aromatic heterocycles. The third-order valence-electron chi connectivity index (χ3n) is 2.28. The second kappa shape index (κ2) is 5.34. The van der Waals surface area contributed by atoms with E-state index in [1.807, 2.05) is 6.07 Å². The van der Waals surface area contributed by atoms with Crippen molar-refractivity contribution in [3.8, 4) is 10.6 Å². The summed E-state index contributed by atoms with van der Waals surface area (Å²) < 4.78 is 22.9. The lowest BCUT2D eigenvalue weighted by Gasteiger charge is -2.00. The highest BCUT2D eigenvalue weighted by Crippen LogP contribution is 2.25. The molecule has 0 atom stereocenters. The minimum Gasteiger partial charge on any atom is -0.224 e. The quantitative estimate of drug-likeness (QED) is 0.814. The number of aromatic nitrogens is 2. The summed E-state index contributed by atoms with van der Waals surface area (Å²) in [5, 5.41) is 9.61. The Hall–Kier alpha value is -0.980. The average molecular weight is 303 g/mol. The molecule has 7 heteroatoms. The van der Waals surface area contributed by atoms with Gasteiger partial charge in [-0.1, -0.05) is 23.5 Å². The van der Waals surface area contributed by atoms with Crippen LogP contribution in [0.4, 0.5) is 0 Å². The molecular weight excluding hydrogens is 292 g/mol. The Morgan fingerprint density at radius 1 is 1.33 bits per heavy atom. The molecule has 0 saturated heterocycles. The average Bonchev–Trinajstić information content (AvgIpc) is 2.77. The highest BCUT2D eigenvalue weighted by Gasteiger charge is 2.11. The maximum atomic E-state index is 11.5. The Labute approximate surface area is 115 Å². The standard InChI is InChI=1S/C11H11ClN2O2S2/c1-18(15,16)9-4-2-3-8(7-9)11-14-13-10(17-11)5-6-12/h2-4,7H,5-6H2,1H3. The first-order valence-electron chi connectivity index (χ1n) is 5.19. The molecule has 2 aromatic rings. The van der Waals surface area contributed by atoms with E-state index in [9.17, 15) is 8.42 Å². The van der Waals surface area contributed by atoms with E-state index in [4.69, 9.17) is 11.6 Å². The van der Waals surface area contributed by atoms with E-state index in [-0.39, 0.29) is 4.90 Å². The van der Waals surface area contributed by atoms with Crippen molar-refractivity contribution in [2.24, 2.45) is 0 Å². The zero-order valence-electron chi connectivity index (χ0n) is 9.63. The zero-order valence-corrected chi connectivity index (χ0v) is 12.0. The molecule has 0 aliphatic rings. The normalized spacial score (nSPS) is 11.7. The van der Waals surface area contributed by atoms with Gasteiger partial charge in [0, 0.05) is 24.1 Å². The second-order valence-electron chi connectivity index (χ2n) is 3.74. The van der Waals surface area contributed by atoms with Gasteiger partial charge in [0.25, 0.3) is 0 Å². The Balaban J connectivity index is 2.38. The van der Waals surface area contributed by atoms with Crippen molar-refractivity contribution >= 4 is 32.8 Å². The number of hydrogen-bond acceptors (Lipinski definition) is 5. The first kappa shape index (κ1) is 13.5. The van der Waals surface area contributed by atoms with Crippen LogP contribution < -0.4 is 0 Å². The Morgan fingerprint density at radius 3 is 2.78 bits per heavy atom. The summed E-state index contributed by atoms with van der Waals surface area (Å²) in [5.74, 6) is 0.498. The Bertz CT molecular complexity index is 653. The Kier molecular flexibility index (Phi) is 3.99. The van der Waals surface area contributed by atoms with Gasteiger partial charge < -0.3 is 0 Å². The largest absolute Gasteiger partial charge is 0.224 e. The maximum Gasteiger partial charge on any atom is 0.175 e. The molecule has 0 aliphatic carbocycles. The van der Waals surface area contributed by atoms with Gasteiger partial charge in [-0.25, -0.2) is 8.42 Å². The number of halogens is 1. The van der Waals surface area contributed by atoms with Crippen LogP contribution in [-0.2, 0) is 16.3 Å². The van der Waals surface area contributed by atoms with Gasteiger partial charge in [0.05, 0.1) is 4.90 Å². The summed E-state index contributed by atoms with van der Waals surface area (Å²) in [5.41, 5.74) is 0.760. The van der Waals surface area contributed by atoms with Crippen LogP contribution in [0.25, 0.3) is 10.6 Å². The van der Waals surface area contributed by atoms with Crippen molar-refractivity contribution in [1.29, 1.82) is 0 Å².